The monoisotopic (exact) mass is 285 g/mol. The molecule has 0 fully saturated rings. The van der Waals surface area contributed by atoms with Gasteiger partial charge in [0.05, 0.1) is 0 Å². The van der Waals surface area contributed by atoms with Crippen LogP contribution >= 0.6 is 11.8 Å². The fraction of sp³-hybridized carbons (Fsp3) is 0.214. The summed E-state index contributed by atoms with van der Waals surface area (Å²) >= 11 is 1.82. The zero-order valence-corrected chi connectivity index (χ0v) is 12.2. The number of hydrogen-bond acceptors (Lipinski definition) is 5. The van der Waals surface area contributed by atoms with Crippen LogP contribution in [0.5, 0.6) is 0 Å². The number of nitrogens with zero attached hydrogens (tertiary/aromatic N) is 4. The molecule has 1 aromatic carbocycles. The van der Waals surface area contributed by atoms with Crippen molar-refractivity contribution in [2.45, 2.75) is 12.7 Å². The van der Waals surface area contributed by atoms with E-state index in [4.69, 9.17) is 0 Å². The standard InChI is InChI=1S/C14H15N5S/c1-10-7-13(19-14(17-10)15-9-16-19)18-12-5-3-11(4-6-12)8-20-2/h3-7,9,18H,8H2,1-2H3. The van der Waals surface area contributed by atoms with Crippen molar-refractivity contribution in [1.29, 1.82) is 0 Å². The van der Waals surface area contributed by atoms with Gasteiger partial charge in [-0.25, -0.2) is 4.98 Å². The zero-order chi connectivity index (χ0) is 13.9. The molecule has 20 heavy (non-hydrogen) atoms. The molecule has 0 unspecified atom stereocenters. The van der Waals surface area contributed by atoms with Crippen molar-refractivity contribution in [2.75, 3.05) is 11.6 Å². The highest BCUT2D eigenvalue weighted by molar-refractivity contribution is 7.97. The number of fused-ring (bicyclic) bond motifs is 1. The summed E-state index contributed by atoms with van der Waals surface area (Å²) in [5.74, 6) is 2.50. The minimum Gasteiger partial charge on any atom is -0.340 e. The first kappa shape index (κ1) is 12.9. The number of nitrogens with one attached hydrogen (secondary N) is 1. The van der Waals surface area contributed by atoms with Crippen LogP contribution in [0, 0.1) is 6.92 Å². The SMILES string of the molecule is CSCc1ccc(Nc2cc(C)nc3ncnn23)cc1. The summed E-state index contributed by atoms with van der Waals surface area (Å²) in [7, 11) is 0. The largest absolute Gasteiger partial charge is 0.340 e. The lowest BCUT2D eigenvalue weighted by molar-refractivity contribution is 0.937. The molecule has 3 aromatic rings. The summed E-state index contributed by atoms with van der Waals surface area (Å²) in [6, 6.07) is 10.4. The molecule has 6 heteroatoms. The van der Waals surface area contributed by atoms with Gasteiger partial charge in [0.15, 0.2) is 0 Å². The Morgan fingerprint density at radius 2 is 2.05 bits per heavy atom. The molecule has 102 valence electrons. The third-order valence-corrected chi connectivity index (χ3v) is 3.54. The number of rotatable bonds is 4. The zero-order valence-electron chi connectivity index (χ0n) is 11.4. The van der Waals surface area contributed by atoms with E-state index in [-0.39, 0.29) is 0 Å². The molecule has 3 rings (SSSR count). The molecule has 5 nitrogen and oxygen atoms in total. The van der Waals surface area contributed by atoms with E-state index in [1.807, 2.05) is 24.8 Å². The molecule has 0 saturated carbocycles. The number of benzene rings is 1. The smallest absolute Gasteiger partial charge is 0.254 e. The number of hydrogen-bond donors (Lipinski definition) is 1. The van der Waals surface area contributed by atoms with Crippen LogP contribution in [-0.2, 0) is 5.75 Å². The van der Waals surface area contributed by atoms with Crippen molar-refractivity contribution in [3.63, 3.8) is 0 Å². The second kappa shape index (κ2) is 5.50. The van der Waals surface area contributed by atoms with Gasteiger partial charge in [-0.15, -0.1) is 0 Å². The molecule has 0 spiro atoms. The Hall–Kier alpha value is -2.08. The van der Waals surface area contributed by atoms with Gasteiger partial charge in [0.2, 0.25) is 0 Å². The van der Waals surface area contributed by atoms with E-state index in [0.29, 0.717) is 5.78 Å². The molecular weight excluding hydrogens is 270 g/mol. The van der Waals surface area contributed by atoms with E-state index in [1.165, 1.54) is 11.9 Å². The van der Waals surface area contributed by atoms with E-state index in [2.05, 4.69) is 50.9 Å². The summed E-state index contributed by atoms with van der Waals surface area (Å²) in [5, 5.41) is 7.54. The lowest BCUT2D eigenvalue weighted by atomic mass is 10.2. The quantitative estimate of drug-likeness (QED) is 0.798. The van der Waals surface area contributed by atoms with Gasteiger partial charge in [0.25, 0.3) is 5.78 Å². The number of aryl methyl sites for hydroxylation is 1. The summed E-state index contributed by atoms with van der Waals surface area (Å²) in [4.78, 5) is 8.44. The minimum atomic E-state index is 0.603. The van der Waals surface area contributed by atoms with E-state index in [9.17, 15) is 0 Å². The third kappa shape index (κ3) is 2.60. The fourth-order valence-electron chi connectivity index (χ4n) is 2.02. The molecule has 0 aliphatic rings. The average Bonchev–Trinajstić information content (AvgIpc) is 2.89. The highest BCUT2D eigenvalue weighted by atomic mass is 32.2. The lowest BCUT2D eigenvalue weighted by Crippen LogP contribution is -2.02. The van der Waals surface area contributed by atoms with Crippen molar-refractivity contribution in [3.8, 4) is 0 Å². The average molecular weight is 285 g/mol. The van der Waals surface area contributed by atoms with Crippen molar-refractivity contribution in [3.05, 3.63) is 47.9 Å². The maximum Gasteiger partial charge on any atom is 0.254 e. The normalized spacial score (nSPS) is 10.9. The van der Waals surface area contributed by atoms with Crippen molar-refractivity contribution in [2.24, 2.45) is 0 Å². The third-order valence-electron chi connectivity index (χ3n) is 2.92. The lowest BCUT2D eigenvalue weighted by Gasteiger charge is -2.09. The summed E-state index contributed by atoms with van der Waals surface area (Å²) in [6.45, 7) is 1.95. The molecule has 0 saturated heterocycles. The molecule has 0 radical (unpaired) electrons. The van der Waals surface area contributed by atoms with Crippen LogP contribution in [0.3, 0.4) is 0 Å². The van der Waals surface area contributed by atoms with Crippen LogP contribution in [-0.4, -0.2) is 25.8 Å². The summed E-state index contributed by atoms with van der Waals surface area (Å²) < 4.78 is 1.70. The first-order chi connectivity index (χ1) is 9.76. The molecule has 0 bridgehead atoms. The Morgan fingerprint density at radius 3 is 2.80 bits per heavy atom. The van der Waals surface area contributed by atoms with Crippen molar-refractivity contribution >= 4 is 29.0 Å². The fourth-order valence-corrected chi connectivity index (χ4v) is 2.54. The van der Waals surface area contributed by atoms with Gasteiger partial charge in [0.1, 0.15) is 12.1 Å². The first-order valence-electron chi connectivity index (χ1n) is 6.28. The van der Waals surface area contributed by atoms with E-state index in [1.54, 1.807) is 4.52 Å². The van der Waals surface area contributed by atoms with E-state index < -0.39 is 0 Å². The maximum atomic E-state index is 4.32. The van der Waals surface area contributed by atoms with Crippen LogP contribution in [0.2, 0.25) is 0 Å². The summed E-state index contributed by atoms with van der Waals surface area (Å²) in [5.41, 5.74) is 3.25. The molecule has 0 aliphatic carbocycles. The van der Waals surface area contributed by atoms with E-state index >= 15 is 0 Å². The second-order valence-corrected chi connectivity index (χ2v) is 5.38. The maximum absolute atomic E-state index is 4.32. The highest BCUT2D eigenvalue weighted by Crippen LogP contribution is 2.19. The number of anilines is 2. The van der Waals surface area contributed by atoms with Gasteiger partial charge in [-0.05, 0) is 30.9 Å². The number of aromatic nitrogens is 4. The molecule has 2 heterocycles. The topological polar surface area (TPSA) is 55.1 Å². The molecule has 0 aliphatic heterocycles. The Balaban J connectivity index is 1.90. The van der Waals surface area contributed by atoms with Gasteiger partial charge in [0, 0.05) is 23.2 Å². The van der Waals surface area contributed by atoms with Crippen LogP contribution < -0.4 is 5.32 Å². The van der Waals surface area contributed by atoms with Crippen LogP contribution in [0.25, 0.3) is 5.78 Å². The van der Waals surface area contributed by atoms with Crippen molar-refractivity contribution < 1.29 is 0 Å². The Kier molecular flexibility index (Phi) is 3.56. The predicted octanol–water partition coefficient (Wildman–Crippen LogP) is 3.04. The summed E-state index contributed by atoms with van der Waals surface area (Å²) in [6.07, 6.45) is 3.61. The second-order valence-electron chi connectivity index (χ2n) is 4.51. The van der Waals surface area contributed by atoms with Gasteiger partial charge in [-0.1, -0.05) is 12.1 Å². The molecule has 1 N–H and O–H groups in total. The van der Waals surface area contributed by atoms with Crippen LogP contribution in [0.15, 0.2) is 36.7 Å². The van der Waals surface area contributed by atoms with Gasteiger partial charge >= 0.3 is 0 Å². The number of thioether (sulfide) groups is 1. The molecular formula is C14H15N5S. The first-order valence-corrected chi connectivity index (χ1v) is 7.68. The van der Waals surface area contributed by atoms with Crippen molar-refractivity contribution in [1.82, 2.24) is 19.6 Å². The van der Waals surface area contributed by atoms with Gasteiger partial charge in [-0.2, -0.15) is 26.4 Å². The van der Waals surface area contributed by atoms with Gasteiger partial charge < -0.3 is 5.32 Å². The van der Waals surface area contributed by atoms with Crippen LogP contribution in [0.4, 0.5) is 11.5 Å². The Labute approximate surface area is 121 Å². The molecule has 2 aromatic heterocycles. The van der Waals surface area contributed by atoms with E-state index in [0.717, 1.165) is 23.0 Å². The van der Waals surface area contributed by atoms with Gasteiger partial charge in [-0.3, -0.25) is 0 Å². The van der Waals surface area contributed by atoms with Crippen LogP contribution in [0.1, 0.15) is 11.3 Å². The molecule has 0 amide bonds. The highest BCUT2D eigenvalue weighted by Gasteiger charge is 2.05. The predicted molar refractivity (Wildman–Crippen MR) is 82.5 cm³/mol. The Morgan fingerprint density at radius 1 is 1.25 bits per heavy atom. The minimum absolute atomic E-state index is 0.603. The Bertz CT molecular complexity index is 720. The molecule has 0 atom stereocenters.